The van der Waals surface area contributed by atoms with Gasteiger partial charge in [0.25, 0.3) is 0 Å². The molecule has 0 amide bonds. The smallest absolute Gasteiger partial charge is 0.160 e. The Labute approximate surface area is 208 Å². The lowest BCUT2D eigenvalue weighted by Gasteiger charge is -2.61. The average molecular weight is 471 g/mol. The van der Waals surface area contributed by atoms with Crippen LogP contribution >= 0.6 is 0 Å². The van der Waals surface area contributed by atoms with E-state index in [0.29, 0.717) is 46.4 Å². The Hall–Kier alpha value is -0.670. The lowest BCUT2D eigenvalue weighted by Crippen LogP contribution is -2.54. The fourth-order valence-electron chi connectivity index (χ4n) is 10.2. The second kappa shape index (κ2) is 8.17. The standard InChI is InChI=1S/C31H50O3/c1-19-9-11-24(34-27(19)33-8)20(2)21-13-17-31(7)23-10-12-25-28(3,4)26(32)15-16-29(25,5)22(23)14-18-30(21,31)6/h19-21,24-25,27H,9-18H2,1-8H3/t19-,20+,21-,24+,25+,27?,29-,30-,31+/m1/s1. The maximum atomic E-state index is 12.9. The third-order valence-electron chi connectivity index (χ3n) is 12.7. The number of Topliss-reactive ketones (excluding diaryl/α,β-unsaturated/α-hetero) is 1. The van der Waals surface area contributed by atoms with Gasteiger partial charge in [-0.3, -0.25) is 4.79 Å². The Morgan fingerprint density at radius 1 is 0.912 bits per heavy atom. The Morgan fingerprint density at radius 2 is 1.65 bits per heavy atom. The zero-order valence-corrected chi connectivity index (χ0v) is 23.3. The second-order valence-corrected chi connectivity index (χ2v) is 14.2. The third-order valence-corrected chi connectivity index (χ3v) is 12.7. The molecule has 9 atom stereocenters. The molecule has 0 spiro atoms. The van der Waals surface area contributed by atoms with Crippen LogP contribution in [0.1, 0.15) is 113 Å². The molecule has 0 bridgehead atoms. The van der Waals surface area contributed by atoms with Gasteiger partial charge in [-0.15, -0.1) is 0 Å². The van der Waals surface area contributed by atoms with Crippen molar-refractivity contribution >= 4 is 5.78 Å². The lowest BCUT2D eigenvalue weighted by molar-refractivity contribution is -0.223. The van der Waals surface area contributed by atoms with Crippen molar-refractivity contribution in [3.05, 3.63) is 11.1 Å². The van der Waals surface area contributed by atoms with E-state index < -0.39 is 0 Å². The molecule has 34 heavy (non-hydrogen) atoms. The first-order valence-corrected chi connectivity index (χ1v) is 14.3. The van der Waals surface area contributed by atoms with Crippen LogP contribution in [0.5, 0.6) is 0 Å². The van der Waals surface area contributed by atoms with Crippen molar-refractivity contribution < 1.29 is 14.3 Å². The molecular formula is C31H50O3. The van der Waals surface area contributed by atoms with E-state index >= 15 is 0 Å². The summed E-state index contributed by atoms with van der Waals surface area (Å²) in [5, 5.41) is 0. The van der Waals surface area contributed by atoms with E-state index in [1.165, 1.54) is 51.4 Å². The van der Waals surface area contributed by atoms with Gasteiger partial charge in [0.15, 0.2) is 6.29 Å². The molecule has 5 rings (SSSR count). The Kier molecular flexibility index (Phi) is 6.01. The Morgan fingerprint density at radius 3 is 2.35 bits per heavy atom. The second-order valence-electron chi connectivity index (χ2n) is 14.2. The summed E-state index contributed by atoms with van der Waals surface area (Å²) in [5.41, 5.74) is 4.26. The summed E-state index contributed by atoms with van der Waals surface area (Å²) >= 11 is 0. The molecule has 1 heterocycles. The number of carbonyl (C=O) groups excluding carboxylic acids is 1. The monoisotopic (exact) mass is 470 g/mol. The van der Waals surface area contributed by atoms with Gasteiger partial charge in [-0.2, -0.15) is 0 Å². The van der Waals surface area contributed by atoms with Crippen molar-refractivity contribution in [2.75, 3.05) is 7.11 Å². The van der Waals surface area contributed by atoms with Gasteiger partial charge in [0.1, 0.15) is 5.78 Å². The van der Waals surface area contributed by atoms with E-state index in [1.807, 2.05) is 5.57 Å². The van der Waals surface area contributed by atoms with Crippen molar-refractivity contribution in [2.45, 2.75) is 125 Å². The van der Waals surface area contributed by atoms with Crippen molar-refractivity contribution in [3.63, 3.8) is 0 Å². The van der Waals surface area contributed by atoms with Gasteiger partial charge in [0.2, 0.25) is 0 Å². The SMILES string of the molecule is COC1O[C@H]([C@@H](C)[C@H]2CC[C@@]3(C)C4=C(CC[C@]23C)[C@@]2(C)CCC(=O)C(C)(C)[C@@H]2CC4)CC[C@H]1C. The molecule has 0 aromatic carbocycles. The van der Waals surface area contributed by atoms with Gasteiger partial charge < -0.3 is 9.47 Å². The van der Waals surface area contributed by atoms with Crippen LogP contribution in [-0.4, -0.2) is 25.3 Å². The number of allylic oxidation sites excluding steroid dienone is 2. The van der Waals surface area contributed by atoms with E-state index in [9.17, 15) is 4.79 Å². The van der Waals surface area contributed by atoms with E-state index in [1.54, 1.807) is 12.7 Å². The fraction of sp³-hybridized carbons (Fsp3) is 0.903. The molecule has 3 heteroatoms. The number of hydrogen-bond acceptors (Lipinski definition) is 3. The fourth-order valence-corrected chi connectivity index (χ4v) is 10.2. The summed E-state index contributed by atoms with van der Waals surface area (Å²) in [6.07, 6.45) is 12.1. The van der Waals surface area contributed by atoms with Crippen LogP contribution in [-0.2, 0) is 14.3 Å². The van der Waals surface area contributed by atoms with E-state index in [4.69, 9.17) is 9.47 Å². The third kappa shape index (κ3) is 3.24. The highest BCUT2D eigenvalue weighted by atomic mass is 16.7. The predicted molar refractivity (Wildman–Crippen MR) is 137 cm³/mol. The molecule has 0 aromatic rings. The lowest BCUT2D eigenvalue weighted by atomic mass is 9.43. The molecule has 0 N–H and O–H groups in total. The van der Waals surface area contributed by atoms with E-state index in [2.05, 4.69) is 48.5 Å². The summed E-state index contributed by atoms with van der Waals surface area (Å²) in [6, 6.07) is 0. The topological polar surface area (TPSA) is 35.5 Å². The zero-order valence-electron chi connectivity index (χ0n) is 23.3. The minimum atomic E-state index is -0.173. The molecular weight excluding hydrogens is 420 g/mol. The summed E-state index contributed by atoms with van der Waals surface area (Å²) < 4.78 is 12.2. The van der Waals surface area contributed by atoms with Crippen LogP contribution in [0, 0.1) is 45.3 Å². The van der Waals surface area contributed by atoms with Gasteiger partial charge in [-0.1, -0.05) is 59.6 Å². The molecule has 1 unspecified atom stereocenters. The number of hydrogen-bond donors (Lipinski definition) is 0. The van der Waals surface area contributed by atoms with Crippen LogP contribution in [0.25, 0.3) is 0 Å². The van der Waals surface area contributed by atoms with Gasteiger partial charge in [0.05, 0.1) is 6.10 Å². The maximum absolute atomic E-state index is 12.9. The number of ketones is 1. The number of rotatable bonds is 3. The highest BCUT2D eigenvalue weighted by molar-refractivity contribution is 5.85. The van der Waals surface area contributed by atoms with E-state index in [-0.39, 0.29) is 17.1 Å². The van der Waals surface area contributed by atoms with Gasteiger partial charge in [0, 0.05) is 24.9 Å². The predicted octanol–water partition coefficient (Wildman–Crippen LogP) is 7.73. The van der Waals surface area contributed by atoms with Crippen molar-refractivity contribution in [2.24, 2.45) is 45.3 Å². The molecule has 3 fully saturated rings. The first-order valence-electron chi connectivity index (χ1n) is 14.3. The van der Waals surface area contributed by atoms with Crippen LogP contribution in [0.2, 0.25) is 0 Å². The minimum Gasteiger partial charge on any atom is -0.356 e. The number of methoxy groups -OCH3 is 1. The zero-order chi connectivity index (χ0) is 24.7. The number of carbonyl (C=O) groups is 1. The number of ether oxygens (including phenoxy) is 2. The van der Waals surface area contributed by atoms with Crippen molar-refractivity contribution in [1.29, 1.82) is 0 Å². The van der Waals surface area contributed by atoms with E-state index in [0.717, 1.165) is 12.8 Å². The largest absolute Gasteiger partial charge is 0.356 e. The minimum absolute atomic E-state index is 0.0462. The molecule has 1 saturated heterocycles. The molecule has 2 saturated carbocycles. The highest BCUT2D eigenvalue weighted by Gasteiger charge is 2.63. The first-order chi connectivity index (χ1) is 15.9. The van der Waals surface area contributed by atoms with Gasteiger partial charge in [-0.25, -0.2) is 0 Å². The van der Waals surface area contributed by atoms with Crippen LogP contribution in [0.3, 0.4) is 0 Å². The summed E-state index contributed by atoms with van der Waals surface area (Å²) in [6.45, 7) is 17.0. The maximum Gasteiger partial charge on any atom is 0.160 e. The summed E-state index contributed by atoms with van der Waals surface area (Å²) in [7, 11) is 1.80. The van der Waals surface area contributed by atoms with Crippen LogP contribution < -0.4 is 0 Å². The van der Waals surface area contributed by atoms with Crippen LogP contribution in [0.15, 0.2) is 11.1 Å². The Bertz CT molecular complexity index is 872. The highest BCUT2D eigenvalue weighted by Crippen LogP contribution is 2.72. The Balaban J connectivity index is 1.45. The molecule has 4 aliphatic carbocycles. The molecule has 5 aliphatic rings. The van der Waals surface area contributed by atoms with Crippen molar-refractivity contribution in [1.82, 2.24) is 0 Å². The van der Waals surface area contributed by atoms with Crippen molar-refractivity contribution in [3.8, 4) is 0 Å². The molecule has 192 valence electrons. The quantitative estimate of drug-likeness (QED) is 0.396. The first kappa shape index (κ1) is 25.0. The molecule has 1 aliphatic heterocycles. The van der Waals surface area contributed by atoms with Gasteiger partial charge in [-0.05, 0) is 91.8 Å². The normalized spacial score (nSPS) is 49.3. The van der Waals surface area contributed by atoms with Gasteiger partial charge >= 0.3 is 0 Å². The average Bonchev–Trinajstić information content (AvgIpc) is 3.08. The summed E-state index contributed by atoms with van der Waals surface area (Å²) in [4.78, 5) is 12.9. The molecule has 0 aromatic heterocycles. The number of fused-ring (bicyclic) bond motifs is 4. The van der Waals surface area contributed by atoms with Crippen LogP contribution in [0.4, 0.5) is 0 Å². The summed E-state index contributed by atoms with van der Waals surface area (Å²) in [5.74, 6) is 2.77. The molecule has 3 nitrogen and oxygen atoms in total. The molecule has 0 radical (unpaired) electrons.